The predicted octanol–water partition coefficient (Wildman–Crippen LogP) is 3.46. The van der Waals surface area contributed by atoms with Crippen molar-refractivity contribution in [1.29, 1.82) is 0 Å². The lowest BCUT2D eigenvalue weighted by Crippen LogP contribution is -2.59. The highest BCUT2D eigenvalue weighted by Crippen LogP contribution is 2.47. The van der Waals surface area contributed by atoms with E-state index in [1.165, 1.54) is 11.8 Å². The van der Waals surface area contributed by atoms with Crippen molar-refractivity contribution in [2.24, 2.45) is 0 Å². The van der Waals surface area contributed by atoms with Crippen LogP contribution in [0.15, 0.2) is 24.3 Å². The van der Waals surface area contributed by atoms with Crippen molar-refractivity contribution < 1.29 is 17.9 Å². The van der Waals surface area contributed by atoms with Gasteiger partial charge in [-0.3, -0.25) is 4.90 Å². The molecule has 1 saturated carbocycles. The van der Waals surface area contributed by atoms with Gasteiger partial charge in [0.15, 0.2) is 0 Å². The van der Waals surface area contributed by atoms with E-state index in [-0.39, 0.29) is 29.2 Å². The van der Waals surface area contributed by atoms with Gasteiger partial charge in [-0.25, -0.2) is 13.1 Å². The lowest BCUT2D eigenvalue weighted by molar-refractivity contribution is -0.0954. The molecule has 174 valence electrons. The van der Waals surface area contributed by atoms with E-state index in [4.69, 9.17) is 9.47 Å². The average Bonchev–Trinajstić information content (AvgIpc) is 2.70. The maximum atomic E-state index is 12.0. The zero-order valence-electron chi connectivity index (χ0n) is 19.4. The first-order chi connectivity index (χ1) is 14.6. The molecule has 1 saturated heterocycles. The van der Waals surface area contributed by atoms with E-state index in [0.29, 0.717) is 6.61 Å². The quantitative estimate of drug-likeness (QED) is 0.747. The summed E-state index contributed by atoms with van der Waals surface area (Å²) in [5.41, 5.74) is 1.21. The second-order valence-corrected chi connectivity index (χ2v) is 12.2. The first kappa shape index (κ1) is 23.0. The molecule has 31 heavy (non-hydrogen) atoms. The molecule has 3 aliphatic heterocycles. The Labute approximate surface area is 187 Å². The molecule has 0 amide bonds. The smallest absolute Gasteiger partial charge is 0.209 e. The van der Waals surface area contributed by atoms with Gasteiger partial charge in [-0.05, 0) is 70.4 Å². The predicted molar refractivity (Wildman–Crippen MR) is 123 cm³/mol. The Morgan fingerprint density at radius 3 is 2.55 bits per heavy atom. The summed E-state index contributed by atoms with van der Waals surface area (Å²) in [5, 5.41) is 0. The fourth-order valence-electron chi connectivity index (χ4n) is 5.67. The molecule has 1 aliphatic carbocycles. The van der Waals surface area contributed by atoms with Crippen molar-refractivity contribution >= 4 is 10.0 Å². The van der Waals surface area contributed by atoms with Crippen LogP contribution in [0.3, 0.4) is 0 Å². The molecule has 6 nitrogen and oxygen atoms in total. The number of hydrogen-bond acceptors (Lipinski definition) is 5. The van der Waals surface area contributed by atoms with Crippen LogP contribution in [0.5, 0.6) is 5.75 Å². The summed E-state index contributed by atoms with van der Waals surface area (Å²) in [6.07, 6.45) is 7.13. The first-order valence-electron chi connectivity index (χ1n) is 11.7. The Balaban J connectivity index is 1.66. The largest absolute Gasteiger partial charge is 0.489 e. The summed E-state index contributed by atoms with van der Waals surface area (Å²) in [6.45, 7) is 8.92. The van der Waals surface area contributed by atoms with Gasteiger partial charge in [0.25, 0.3) is 0 Å². The average molecular weight is 451 g/mol. The zero-order chi connectivity index (χ0) is 22.3. The zero-order valence-corrected chi connectivity index (χ0v) is 20.2. The molecule has 1 N–H and O–H groups in total. The summed E-state index contributed by atoms with van der Waals surface area (Å²) < 4.78 is 40.0. The van der Waals surface area contributed by atoms with Crippen molar-refractivity contribution in [3.8, 4) is 5.75 Å². The highest BCUT2D eigenvalue weighted by atomic mass is 32.2. The van der Waals surface area contributed by atoms with Gasteiger partial charge in [0.05, 0.1) is 18.5 Å². The van der Waals surface area contributed by atoms with E-state index in [2.05, 4.69) is 54.7 Å². The van der Waals surface area contributed by atoms with Gasteiger partial charge < -0.3 is 9.47 Å². The van der Waals surface area contributed by atoms with E-state index in [9.17, 15) is 8.42 Å². The summed E-state index contributed by atoms with van der Waals surface area (Å²) in [6, 6.07) is 8.37. The minimum Gasteiger partial charge on any atom is -0.489 e. The standard InChI is InChI=1S/C24H38N2O4S/c1-18-16-26-15-7-9-20(25-31(4,27)28)21(26)17-29-24(3)13-11-23(2,12-14-24)19-8-5-6-10-22(19)30-18/h5-6,8,10,18,20-21,25H,7,9,11-17H2,1-4H3/t18-,20-,21?,23?,24?/m0/s1. The monoisotopic (exact) mass is 450 g/mol. The minimum atomic E-state index is -3.28. The molecule has 2 bridgehead atoms. The molecule has 1 unspecified atom stereocenters. The maximum Gasteiger partial charge on any atom is 0.209 e. The normalized spacial score (nSPS) is 37.5. The van der Waals surface area contributed by atoms with Gasteiger partial charge in [0.2, 0.25) is 10.0 Å². The number of fused-ring (bicyclic) bond motifs is 5. The fraction of sp³-hybridized carbons (Fsp3) is 0.750. The van der Waals surface area contributed by atoms with Crippen LogP contribution < -0.4 is 9.46 Å². The van der Waals surface area contributed by atoms with Crippen LogP contribution >= 0.6 is 0 Å². The van der Waals surface area contributed by atoms with E-state index >= 15 is 0 Å². The molecular formula is C24H38N2O4S. The Bertz CT molecular complexity index is 879. The molecule has 0 spiro atoms. The molecule has 0 aromatic heterocycles. The van der Waals surface area contributed by atoms with Gasteiger partial charge in [-0.15, -0.1) is 0 Å². The number of piperidine rings is 1. The van der Waals surface area contributed by atoms with Crippen LogP contribution in [-0.2, 0) is 20.2 Å². The van der Waals surface area contributed by atoms with Crippen LogP contribution in [-0.4, -0.2) is 63.1 Å². The second-order valence-electron chi connectivity index (χ2n) is 10.4. The first-order valence-corrected chi connectivity index (χ1v) is 13.6. The third-order valence-electron chi connectivity index (χ3n) is 7.63. The Morgan fingerprint density at radius 2 is 1.84 bits per heavy atom. The Kier molecular flexibility index (Phi) is 6.43. The molecule has 2 fully saturated rings. The Hall–Kier alpha value is -1.15. The maximum absolute atomic E-state index is 12.0. The highest BCUT2D eigenvalue weighted by molar-refractivity contribution is 7.88. The van der Waals surface area contributed by atoms with Gasteiger partial charge in [0, 0.05) is 24.2 Å². The summed E-state index contributed by atoms with van der Waals surface area (Å²) in [7, 11) is -3.28. The number of benzene rings is 1. The molecule has 4 aliphatic rings. The van der Waals surface area contributed by atoms with Crippen LogP contribution in [0.1, 0.15) is 64.9 Å². The van der Waals surface area contributed by atoms with E-state index in [1.807, 2.05) is 0 Å². The van der Waals surface area contributed by atoms with Crippen LogP contribution in [0, 0.1) is 0 Å². The summed E-state index contributed by atoms with van der Waals surface area (Å²) in [5.74, 6) is 0.987. The van der Waals surface area contributed by atoms with Gasteiger partial charge in [-0.1, -0.05) is 25.1 Å². The molecular weight excluding hydrogens is 412 g/mol. The van der Waals surface area contributed by atoms with Gasteiger partial charge in [-0.2, -0.15) is 0 Å². The fourth-order valence-corrected chi connectivity index (χ4v) is 6.50. The van der Waals surface area contributed by atoms with Crippen LogP contribution in [0.2, 0.25) is 0 Å². The number of nitrogens with one attached hydrogen (secondary N) is 1. The molecule has 1 aromatic rings. The minimum absolute atomic E-state index is 0.00206. The summed E-state index contributed by atoms with van der Waals surface area (Å²) in [4.78, 5) is 2.37. The third kappa shape index (κ3) is 5.27. The lowest BCUT2D eigenvalue weighted by Gasteiger charge is -2.46. The number of hydrogen-bond donors (Lipinski definition) is 1. The van der Waals surface area contributed by atoms with Crippen molar-refractivity contribution in [3.05, 3.63) is 29.8 Å². The molecule has 3 heterocycles. The van der Waals surface area contributed by atoms with Gasteiger partial charge >= 0.3 is 0 Å². The molecule has 0 radical (unpaired) electrons. The Morgan fingerprint density at radius 1 is 1.13 bits per heavy atom. The SMILES string of the molecule is C[C@H]1CN2CCC[C@H](NS(C)(=O)=O)C2COC2(C)CCC(C)(CC2)c2ccccc2O1. The van der Waals surface area contributed by atoms with E-state index in [1.54, 1.807) is 0 Å². The van der Waals surface area contributed by atoms with Crippen molar-refractivity contribution in [3.63, 3.8) is 0 Å². The number of ether oxygens (including phenoxy) is 2. The third-order valence-corrected chi connectivity index (χ3v) is 8.36. The van der Waals surface area contributed by atoms with E-state index < -0.39 is 10.0 Å². The molecule has 5 rings (SSSR count). The molecule has 1 aromatic carbocycles. The lowest BCUT2D eigenvalue weighted by atomic mass is 9.66. The molecule has 7 heteroatoms. The number of rotatable bonds is 2. The second kappa shape index (κ2) is 8.65. The molecule has 3 atom stereocenters. The topological polar surface area (TPSA) is 67.9 Å². The van der Waals surface area contributed by atoms with Gasteiger partial charge in [0.1, 0.15) is 11.9 Å². The van der Waals surface area contributed by atoms with Crippen molar-refractivity contribution in [2.75, 3.05) is 26.0 Å². The summed E-state index contributed by atoms with van der Waals surface area (Å²) >= 11 is 0. The number of sulfonamides is 1. The number of para-hydroxylation sites is 1. The van der Waals surface area contributed by atoms with E-state index in [0.717, 1.165) is 57.4 Å². The van der Waals surface area contributed by atoms with Crippen molar-refractivity contribution in [2.45, 2.75) is 88.5 Å². The van der Waals surface area contributed by atoms with Crippen LogP contribution in [0.4, 0.5) is 0 Å². The number of nitrogens with zero attached hydrogens (tertiary/aromatic N) is 1. The van der Waals surface area contributed by atoms with Crippen molar-refractivity contribution in [1.82, 2.24) is 9.62 Å². The van der Waals surface area contributed by atoms with Crippen LogP contribution in [0.25, 0.3) is 0 Å². The highest BCUT2D eigenvalue weighted by Gasteiger charge is 2.43.